The van der Waals surface area contributed by atoms with Crippen molar-refractivity contribution in [2.75, 3.05) is 0 Å². The number of rotatable bonds is 1. The molecule has 0 N–H and O–H groups in total. The predicted octanol–water partition coefficient (Wildman–Crippen LogP) is 1.38. The highest BCUT2D eigenvalue weighted by molar-refractivity contribution is 14.0. The second-order valence-corrected chi connectivity index (χ2v) is 0.996. The van der Waals surface area contributed by atoms with Gasteiger partial charge in [-0.05, 0) is 0 Å². The molecule has 0 rings (SSSR count). The number of allylic oxidation sites excluding steroid dienone is 1. The minimum atomic E-state index is 0. The molecule has 0 spiro atoms. The first-order chi connectivity index (χ1) is 1.91. The molecule has 0 atom stereocenters. The first-order valence-electron chi connectivity index (χ1n) is 1.22. The first kappa shape index (κ1) is 9.38. The van der Waals surface area contributed by atoms with Crippen molar-refractivity contribution in [1.29, 1.82) is 0 Å². The van der Waals surface area contributed by atoms with E-state index >= 15 is 0 Å². The summed E-state index contributed by atoms with van der Waals surface area (Å²) in [7, 11) is 0. The molecule has 0 aliphatic carbocycles. The Kier molecular flexibility index (Phi) is 16.7. The van der Waals surface area contributed by atoms with Crippen LogP contribution in [0.15, 0.2) is 12.7 Å². The highest BCUT2D eigenvalue weighted by Gasteiger charge is 1.46. The van der Waals surface area contributed by atoms with Crippen LogP contribution in [0, 0.1) is 0 Å². The van der Waals surface area contributed by atoms with Gasteiger partial charge < -0.3 is 0 Å². The lowest BCUT2D eigenvalue weighted by molar-refractivity contribution is 1.76. The van der Waals surface area contributed by atoms with E-state index in [4.69, 9.17) is 0 Å². The molecule has 0 aromatic rings. The zero-order valence-electron chi connectivity index (χ0n) is 2.98. The molecular weight excluding hydrogens is 190 g/mol. The molecule has 0 aliphatic heterocycles. The zero-order chi connectivity index (χ0) is 3.41. The van der Waals surface area contributed by atoms with Gasteiger partial charge in [0.1, 0.15) is 16.3 Å². The molecule has 0 amide bonds. The Morgan fingerprint density at radius 2 is 2.00 bits per heavy atom. The summed E-state index contributed by atoms with van der Waals surface area (Å²) in [5.41, 5.74) is 0. The van der Waals surface area contributed by atoms with Gasteiger partial charge in [-0.3, -0.25) is 0 Å². The lowest BCUT2D eigenvalue weighted by Crippen LogP contribution is -1.47. The fraction of sp³-hybridized carbons (Fsp3) is 0.333. The minimum Gasteiger partial charge on any atom is -0.107 e. The molecule has 0 aliphatic rings. The number of hydrogen-bond acceptors (Lipinski definition) is 0. The molecule has 28 valence electrons. The summed E-state index contributed by atoms with van der Waals surface area (Å²) >= 11 is 2.54. The van der Waals surface area contributed by atoms with Gasteiger partial charge >= 0.3 is 0 Å². The van der Waals surface area contributed by atoms with E-state index in [1.165, 1.54) is 0 Å². The van der Waals surface area contributed by atoms with Gasteiger partial charge in [0.15, 0.2) is 0 Å². The van der Waals surface area contributed by atoms with Crippen LogP contribution in [0.25, 0.3) is 0 Å². The minimum absolute atomic E-state index is 0. The molecule has 0 nitrogen and oxygen atoms in total. The smallest absolute Gasteiger partial charge is 0.107 e. The van der Waals surface area contributed by atoms with E-state index in [1.807, 2.05) is 6.08 Å². The summed E-state index contributed by atoms with van der Waals surface area (Å²) in [4.78, 5) is 0. The van der Waals surface area contributed by atoms with E-state index in [1.54, 1.807) is 0 Å². The van der Waals surface area contributed by atoms with Crippen molar-refractivity contribution in [2.45, 2.75) is 5.28 Å². The van der Waals surface area contributed by atoms with Gasteiger partial charge in [-0.2, -0.15) is 0 Å². The topological polar surface area (TPSA) is 0 Å². The van der Waals surface area contributed by atoms with Gasteiger partial charge in [0.05, 0.1) is 0 Å². The van der Waals surface area contributed by atoms with Crippen molar-refractivity contribution in [2.24, 2.45) is 0 Å². The lowest BCUT2D eigenvalue weighted by Gasteiger charge is -1.58. The maximum atomic E-state index is 3.46. The van der Waals surface area contributed by atoms with E-state index in [-0.39, 0.29) is 24.0 Å². The Balaban J connectivity index is 0. The summed E-state index contributed by atoms with van der Waals surface area (Å²) in [5, 5.41) is 1.00. The van der Waals surface area contributed by atoms with E-state index in [2.05, 4.69) is 22.9 Å². The van der Waals surface area contributed by atoms with E-state index in [0.717, 1.165) is 5.28 Å². The molecule has 0 aromatic carbocycles. The Hall–Kier alpha value is 1.00. The Morgan fingerprint density at radius 1 is 1.80 bits per heavy atom. The number of halogens is 1. The summed E-state index contributed by atoms with van der Waals surface area (Å²) < 4.78 is 0. The molecule has 0 unspecified atom stereocenters. The molecule has 2 radical (unpaired) electrons. The van der Waals surface area contributed by atoms with Crippen LogP contribution in [0.2, 0.25) is 5.28 Å². The summed E-state index contributed by atoms with van der Waals surface area (Å²) in [5.74, 6) is 0. The maximum Gasteiger partial charge on any atom is 0.124 e. The van der Waals surface area contributed by atoms with Crippen molar-refractivity contribution in [1.82, 2.24) is 0 Å². The third-order valence-electron chi connectivity index (χ3n) is 0.167. The van der Waals surface area contributed by atoms with Crippen molar-refractivity contribution in [3.63, 3.8) is 0 Å². The fourth-order valence-electron chi connectivity index (χ4n) is 0. The second kappa shape index (κ2) is 8.89. The normalized spacial score (nSPS) is 4.80. The molecular formula is C3H6AlI. The molecule has 0 saturated carbocycles. The van der Waals surface area contributed by atoms with E-state index in [9.17, 15) is 0 Å². The number of hydrogen-bond donors (Lipinski definition) is 0. The van der Waals surface area contributed by atoms with Crippen molar-refractivity contribution >= 4 is 40.3 Å². The van der Waals surface area contributed by atoms with Crippen LogP contribution in [0.3, 0.4) is 0 Å². The van der Waals surface area contributed by atoms with Crippen LogP contribution in [-0.4, -0.2) is 16.3 Å². The third-order valence-corrected chi connectivity index (χ3v) is 0.500. The van der Waals surface area contributed by atoms with Crippen molar-refractivity contribution in [3.05, 3.63) is 12.7 Å². The molecule has 0 saturated heterocycles. The largest absolute Gasteiger partial charge is 0.124 e. The van der Waals surface area contributed by atoms with Crippen molar-refractivity contribution < 1.29 is 0 Å². The second-order valence-electron chi connectivity index (χ2n) is 0.524. The SMILES string of the molecule is C=C[CH2][Al].I. The van der Waals surface area contributed by atoms with E-state index in [0.29, 0.717) is 0 Å². The fourth-order valence-corrected chi connectivity index (χ4v) is 0. The molecule has 0 bridgehead atoms. The van der Waals surface area contributed by atoms with Gasteiger partial charge in [-0.1, -0.05) is 0 Å². The average molecular weight is 196 g/mol. The van der Waals surface area contributed by atoms with E-state index < -0.39 is 0 Å². The Bertz CT molecular complexity index is 20.9. The summed E-state index contributed by atoms with van der Waals surface area (Å²) in [6, 6.07) is 0. The average Bonchev–Trinajstić information content (AvgIpc) is 1.37. The summed E-state index contributed by atoms with van der Waals surface area (Å²) in [6.07, 6.45) is 1.84. The lowest BCUT2D eigenvalue weighted by atomic mass is 10.8. The molecule has 5 heavy (non-hydrogen) atoms. The van der Waals surface area contributed by atoms with Crippen LogP contribution in [0.4, 0.5) is 0 Å². The third kappa shape index (κ3) is 11.2. The predicted molar refractivity (Wildman–Crippen MR) is 36.2 cm³/mol. The van der Waals surface area contributed by atoms with Crippen LogP contribution < -0.4 is 0 Å². The zero-order valence-corrected chi connectivity index (χ0v) is 6.46. The Morgan fingerprint density at radius 3 is 2.00 bits per heavy atom. The monoisotopic (exact) mass is 196 g/mol. The van der Waals surface area contributed by atoms with Gasteiger partial charge in [0.25, 0.3) is 0 Å². The van der Waals surface area contributed by atoms with Crippen molar-refractivity contribution in [3.8, 4) is 0 Å². The van der Waals surface area contributed by atoms with Gasteiger partial charge in [-0.15, -0.1) is 41.9 Å². The standard InChI is InChI=1S/C3H5.Al.HI/c1-3-2;;/h3H,1-2H2;;1H. The van der Waals surface area contributed by atoms with Gasteiger partial charge in [0, 0.05) is 0 Å². The van der Waals surface area contributed by atoms with Gasteiger partial charge in [0.2, 0.25) is 0 Å². The molecule has 2 heteroatoms. The first-order valence-corrected chi connectivity index (χ1v) is 2.04. The molecule has 0 aromatic heterocycles. The maximum absolute atomic E-state index is 3.46. The highest BCUT2D eigenvalue weighted by atomic mass is 127. The Labute approximate surface area is 58.1 Å². The summed E-state index contributed by atoms with van der Waals surface area (Å²) in [6.45, 7) is 3.46. The quantitative estimate of drug-likeness (QED) is 0.337. The van der Waals surface area contributed by atoms with Crippen LogP contribution in [-0.2, 0) is 0 Å². The van der Waals surface area contributed by atoms with Crippen LogP contribution in [0.1, 0.15) is 0 Å². The molecule has 0 fully saturated rings. The van der Waals surface area contributed by atoms with Gasteiger partial charge in [-0.25, -0.2) is 0 Å². The highest BCUT2D eigenvalue weighted by Crippen LogP contribution is 1.61. The van der Waals surface area contributed by atoms with Crippen LogP contribution >= 0.6 is 24.0 Å². The molecule has 0 heterocycles. The van der Waals surface area contributed by atoms with Crippen LogP contribution in [0.5, 0.6) is 0 Å².